The number of halogens is 1. The van der Waals surface area contributed by atoms with Crippen LogP contribution in [0.1, 0.15) is 31.2 Å². The summed E-state index contributed by atoms with van der Waals surface area (Å²) in [5.41, 5.74) is 1.95. The molecule has 3 aromatic heterocycles. The molecule has 0 saturated carbocycles. The van der Waals surface area contributed by atoms with Crippen LogP contribution in [0.2, 0.25) is 5.02 Å². The molecule has 11 nitrogen and oxygen atoms in total. The van der Waals surface area contributed by atoms with Crippen LogP contribution in [-0.2, 0) is 10.0 Å². The first-order valence-electron chi connectivity index (χ1n) is 11.2. The van der Waals surface area contributed by atoms with Gasteiger partial charge in [-0.05, 0) is 37.6 Å². The van der Waals surface area contributed by atoms with Crippen molar-refractivity contribution < 1.29 is 17.9 Å². The number of aromatic nitrogens is 6. The molecule has 3 heterocycles. The van der Waals surface area contributed by atoms with Gasteiger partial charge in [0.05, 0.1) is 24.5 Å². The van der Waals surface area contributed by atoms with E-state index in [0.29, 0.717) is 39.4 Å². The standard InChI is InChI=1S/C24H26ClN7O4S/c1-14-9-17(11-26-10-14)23-29-30-24(32(23)21-19(35-4)7-6-8-20(21)36-5)31-37(33,34)16(3)15(2)22-27-12-18(25)13-28-22/h6-13,15-16H,1-5H3,(H,30,31)/t15-,16-/m0/s1. The zero-order valence-corrected chi connectivity index (χ0v) is 22.4. The number of nitrogens with one attached hydrogen (secondary N) is 1. The molecule has 0 unspecified atom stereocenters. The number of methoxy groups -OCH3 is 2. The first-order valence-corrected chi connectivity index (χ1v) is 13.2. The van der Waals surface area contributed by atoms with E-state index in [0.717, 1.165) is 5.56 Å². The topological polar surface area (TPSA) is 134 Å². The fourth-order valence-corrected chi connectivity index (χ4v) is 5.06. The van der Waals surface area contributed by atoms with E-state index in [1.165, 1.54) is 26.6 Å². The molecule has 0 spiro atoms. The van der Waals surface area contributed by atoms with Crippen LogP contribution in [0.15, 0.2) is 49.1 Å². The van der Waals surface area contributed by atoms with E-state index in [-0.39, 0.29) is 5.95 Å². The van der Waals surface area contributed by atoms with Gasteiger partial charge in [-0.25, -0.2) is 18.4 Å². The fraction of sp³-hybridized carbons (Fsp3) is 0.292. The molecule has 0 bridgehead atoms. The molecule has 4 rings (SSSR count). The maximum atomic E-state index is 13.5. The summed E-state index contributed by atoms with van der Waals surface area (Å²) < 4.78 is 42.4. The lowest BCUT2D eigenvalue weighted by Crippen LogP contribution is -2.31. The lowest BCUT2D eigenvalue weighted by atomic mass is 10.1. The molecule has 0 amide bonds. The molecular formula is C24H26ClN7O4S. The summed E-state index contributed by atoms with van der Waals surface area (Å²) in [6, 6.07) is 7.10. The zero-order valence-electron chi connectivity index (χ0n) is 20.9. The number of hydrogen-bond acceptors (Lipinski definition) is 9. The van der Waals surface area contributed by atoms with Crippen molar-refractivity contribution in [2.75, 3.05) is 18.9 Å². The number of rotatable bonds is 9. The summed E-state index contributed by atoms with van der Waals surface area (Å²) in [6.45, 7) is 5.19. The predicted molar refractivity (Wildman–Crippen MR) is 140 cm³/mol. The first-order chi connectivity index (χ1) is 17.7. The van der Waals surface area contributed by atoms with Gasteiger partial charge in [0.2, 0.25) is 16.0 Å². The van der Waals surface area contributed by atoms with Gasteiger partial charge in [0.15, 0.2) is 5.82 Å². The van der Waals surface area contributed by atoms with Gasteiger partial charge in [-0.15, -0.1) is 10.2 Å². The number of para-hydroxylation sites is 1. The molecule has 0 aliphatic carbocycles. The Morgan fingerprint density at radius 1 is 1.00 bits per heavy atom. The lowest BCUT2D eigenvalue weighted by molar-refractivity contribution is 0.391. The van der Waals surface area contributed by atoms with E-state index in [1.54, 1.807) is 49.0 Å². The number of hydrogen-bond donors (Lipinski definition) is 1. The van der Waals surface area contributed by atoms with Crippen LogP contribution >= 0.6 is 11.6 Å². The molecule has 37 heavy (non-hydrogen) atoms. The van der Waals surface area contributed by atoms with Crippen LogP contribution in [0.3, 0.4) is 0 Å². The summed E-state index contributed by atoms with van der Waals surface area (Å²) in [6.07, 6.45) is 6.19. The fourth-order valence-electron chi connectivity index (χ4n) is 3.73. The molecule has 0 aliphatic heterocycles. The Bertz CT molecular complexity index is 1490. The minimum absolute atomic E-state index is 0.0459. The lowest BCUT2D eigenvalue weighted by Gasteiger charge is -2.21. The Morgan fingerprint density at radius 2 is 1.65 bits per heavy atom. The first kappa shape index (κ1) is 26.3. The highest BCUT2D eigenvalue weighted by molar-refractivity contribution is 7.93. The number of anilines is 1. The number of nitrogens with zero attached hydrogens (tertiary/aromatic N) is 6. The number of aryl methyl sites for hydroxylation is 1. The van der Waals surface area contributed by atoms with Crippen molar-refractivity contribution in [3.8, 4) is 28.6 Å². The van der Waals surface area contributed by atoms with E-state index < -0.39 is 21.2 Å². The van der Waals surface area contributed by atoms with Gasteiger partial charge in [0, 0.05) is 36.3 Å². The van der Waals surface area contributed by atoms with Gasteiger partial charge in [-0.3, -0.25) is 14.3 Å². The Morgan fingerprint density at radius 3 is 2.24 bits per heavy atom. The Balaban J connectivity index is 1.83. The average molecular weight is 544 g/mol. The van der Waals surface area contributed by atoms with Crippen molar-refractivity contribution >= 4 is 27.6 Å². The summed E-state index contributed by atoms with van der Waals surface area (Å²) >= 11 is 5.88. The van der Waals surface area contributed by atoms with Gasteiger partial charge >= 0.3 is 0 Å². The van der Waals surface area contributed by atoms with Gasteiger partial charge in [-0.2, -0.15) is 0 Å². The summed E-state index contributed by atoms with van der Waals surface area (Å²) in [5, 5.41) is 7.94. The monoisotopic (exact) mass is 543 g/mol. The molecule has 0 saturated heterocycles. The SMILES string of the molecule is COc1cccc(OC)c1-n1c(NS(=O)(=O)[C@@H](C)[C@H](C)c2ncc(Cl)cn2)nnc1-c1cncc(C)c1. The number of benzene rings is 1. The van der Waals surface area contributed by atoms with E-state index >= 15 is 0 Å². The predicted octanol–water partition coefficient (Wildman–Crippen LogP) is 4.03. The molecule has 2 atom stereocenters. The molecule has 1 aromatic carbocycles. The molecular weight excluding hydrogens is 518 g/mol. The number of pyridine rings is 1. The van der Waals surface area contributed by atoms with Crippen LogP contribution < -0.4 is 14.2 Å². The Kier molecular flexibility index (Phi) is 7.60. The second-order valence-corrected chi connectivity index (χ2v) is 10.8. The molecule has 0 radical (unpaired) electrons. The van der Waals surface area contributed by atoms with Crippen molar-refractivity contribution in [2.45, 2.75) is 31.9 Å². The molecule has 0 fully saturated rings. The van der Waals surface area contributed by atoms with Gasteiger partial charge in [0.25, 0.3) is 0 Å². The number of sulfonamides is 1. The third-order valence-corrected chi connectivity index (χ3v) is 7.95. The highest BCUT2D eigenvalue weighted by atomic mass is 35.5. The highest BCUT2D eigenvalue weighted by Gasteiger charge is 2.32. The minimum Gasteiger partial charge on any atom is -0.494 e. The maximum Gasteiger partial charge on any atom is 0.243 e. The summed E-state index contributed by atoms with van der Waals surface area (Å²) in [4.78, 5) is 12.6. The van der Waals surface area contributed by atoms with Crippen LogP contribution in [0.5, 0.6) is 11.5 Å². The minimum atomic E-state index is -4.00. The largest absolute Gasteiger partial charge is 0.494 e. The van der Waals surface area contributed by atoms with E-state index in [1.807, 2.05) is 13.0 Å². The average Bonchev–Trinajstić information content (AvgIpc) is 3.29. The highest BCUT2D eigenvalue weighted by Crippen LogP contribution is 2.38. The summed E-state index contributed by atoms with van der Waals surface area (Å²) in [7, 11) is -0.981. The van der Waals surface area contributed by atoms with Gasteiger partial charge < -0.3 is 9.47 Å². The van der Waals surface area contributed by atoms with E-state index in [4.69, 9.17) is 21.1 Å². The normalized spacial score (nSPS) is 13.1. The van der Waals surface area contributed by atoms with Crippen LogP contribution in [0.25, 0.3) is 17.1 Å². The van der Waals surface area contributed by atoms with E-state index in [2.05, 4.69) is 29.9 Å². The van der Waals surface area contributed by atoms with Crippen molar-refractivity contribution in [3.05, 3.63) is 65.5 Å². The van der Waals surface area contributed by atoms with Gasteiger partial charge in [0.1, 0.15) is 23.0 Å². The van der Waals surface area contributed by atoms with Gasteiger partial charge in [-0.1, -0.05) is 24.6 Å². The molecule has 4 aromatic rings. The third kappa shape index (κ3) is 5.35. The van der Waals surface area contributed by atoms with Crippen LogP contribution in [0, 0.1) is 6.92 Å². The van der Waals surface area contributed by atoms with Crippen molar-refractivity contribution in [3.63, 3.8) is 0 Å². The molecule has 0 aliphatic rings. The zero-order chi connectivity index (χ0) is 26.7. The van der Waals surface area contributed by atoms with Crippen LogP contribution in [-0.4, -0.2) is 57.6 Å². The Labute approximate surface area is 219 Å². The molecule has 194 valence electrons. The Hall–Kier alpha value is -3.77. The third-order valence-electron chi connectivity index (χ3n) is 5.90. The maximum absolute atomic E-state index is 13.5. The van der Waals surface area contributed by atoms with Crippen LogP contribution in [0.4, 0.5) is 5.95 Å². The van der Waals surface area contributed by atoms with Crippen molar-refractivity contribution in [1.82, 2.24) is 29.7 Å². The summed E-state index contributed by atoms with van der Waals surface area (Å²) in [5.74, 6) is 0.956. The molecule has 1 N–H and O–H groups in total. The second kappa shape index (κ2) is 10.7. The van der Waals surface area contributed by atoms with Crippen molar-refractivity contribution in [2.24, 2.45) is 0 Å². The van der Waals surface area contributed by atoms with E-state index in [9.17, 15) is 8.42 Å². The second-order valence-electron chi connectivity index (χ2n) is 8.35. The van der Waals surface area contributed by atoms with Crippen molar-refractivity contribution in [1.29, 1.82) is 0 Å². The molecule has 13 heteroatoms. The quantitative estimate of drug-likeness (QED) is 0.332. The number of ether oxygens (including phenoxy) is 2. The smallest absolute Gasteiger partial charge is 0.243 e.